The van der Waals surface area contributed by atoms with Crippen molar-refractivity contribution in [1.29, 1.82) is 5.26 Å². The van der Waals surface area contributed by atoms with Gasteiger partial charge in [-0.25, -0.2) is 19.1 Å². The molecule has 102 valence electrons. The summed E-state index contributed by atoms with van der Waals surface area (Å²) in [6, 6.07) is 15.4. The zero-order valence-corrected chi connectivity index (χ0v) is 11.0. The molecule has 0 spiro atoms. The topological polar surface area (TPSA) is 44.9 Å². The van der Waals surface area contributed by atoms with Crippen LogP contribution in [0.4, 0.5) is 15.8 Å². The summed E-state index contributed by atoms with van der Waals surface area (Å²) in [4.78, 5) is 4.04. The quantitative estimate of drug-likeness (QED) is 0.736. The number of hydrogen-bond donors (Lipinski definition) is 0. The molecule has 0 amide bonds. The summed E-state index contributed by atoms with van der Waals surface area (Å²) in [5.41, 5.74) is 2.22. The maximum atomic E-state index is 13.1. The number of benzene rings is 2. The molecule has 0 fully saturated rings. The van der Waals surface area contributed by atoms with Crippen LogP contribution in [0.3, 0.4) is 0 Å². The maximum Gasteiger partial charge on any atom is 0.123 e. The molecule has 3 rings (SSSR count). The average molecular weight is 278 g/mol. The van der Waals surface area contributed by atoms with Crippen LogP contribution in [0.1, 0.15) is 5.56 Å². The van der Waals surface area contributed by atoms with Gasteiger partial charge >= 0.3 is 0 Å². The second-order valence-electron chi connectivity index (χ2n) is 4.39. The van der Waals surface area contributed by atoms with Crippen molar-refractivity contribution in [1.82, 2.24) is 9.66 Å². The number of nitrogens with zero attached hydrogens (tertiary/aromatic N) is 4. The Morgan fingerprint density at radius 1 is 1.00 bits per heavy atom. The van der Waals surface area contributed by atoms with Crippen molar-refractivity contribution in [3.63, 3.8) is 0 Å². The third-order valence-corrected chi connectivity index (χ3v) is 3.03. The van der Waals surface area contributed by atoms with E-state index in [9.17, 15) is 4.39 Å². The van der Waals surface area contributed by atoms with Crippen LogP contribution < -0.4 is 5.01 Å². The SMILES string of the molecule is N#Cc1ccc(N(c2ccc(F)cc2)n2ccnc2)cc1. The third-order valence-electron chi connectivity index (χ3n) is 3.03. The Labute approximate surface area is 121 Å². The van der Waals surface area contributed by atoms with Crippen molar-refractivity contribution in [2.45, 2.75) is 0 Å². The van der Waals surface area contributed by atoms with Crippen molar-refractivity contribution >= 4 is 11.4 Å². The number of halogens is 1. The van der Waals surface area contributed by atoms with E-state index in [1.807, 2.05) is 17.1 Å². The molecule has 0 aliphatic rings. The van der Waals surface area contributed by atoms with E-state index in [1.165, 1.54) is 12.1 Å². The summed E-state index contributed by atoms with van der Waals surface area (Å²) in [6.07, 6.45) is 5.11. The van der Waals surface area contributed by atoms with E-state index >= 15 is 0 Å². The summed E-state index contributed by atoms with van der Waals surface area (Å²) in [5, 5.41) is 10.7. The number of anilines is 2. The van der Waals surface area contributed by atoms with Gasteiger partial charge < -0.3 is 0 Å². The molecule has 4 nitrogen and oxygen atoms in total. The Bertz CT molecular complexity index is 756. The van der Waals surface area contributed by atoms with Gasteiger partial charge in [-0.05, 0) is 48.5 Å². The summed E-state index contributed by atoms with van der Waals surface area (Å²) in [5.74, 6) is -0.288. The molecule has 0 saturated carbocycles. The van der Waals surface area contributed by atoms with Gasteiger partial charge in [0, 0.05) is 12.4 Å². The molecule has 0 radical (unpaired) electrons. The first-order chi connectivity index (χ1) is 10.3. The van der Waals surface area contributed by atoms with Crippen LogP contribution >= 0.6 is 0 Å². The largest absolute Gasteiger partial charge is 0.249 e. The van der Waals surface area contributed by atoms with E-state index in [0.717, 1.165) is 11.4 Å². The molecule has 0 N–H and O–H groups in total. The molecule has 0 aliphatic heterocycles. The highest BCUT2D eigenvalue weighted by molar-refractivity contribution is 5.63. The predicted octanol–water partition coefficient (Wildman–Crippen LogP) is 3.50. The standard InChI is InChI=1S/C16H11FN4/c17-14-3-7-16(8-4-14)21(20-10-9-19-12-20)15-5-1-13(11-18)2-6-15/h1-10,12H. The number of hydrogen-bond acceptors (Lipinski definition) is 3. The predicted molar refractivity (Wildman–Crippen MR) is 77.3 cm³/mol. The smallest absolute Gasteiger partial charge is 0.123 e. The molecule has 0 aliphatic carbocycles. The van der Waals surface area contributed by atoms with Crippen molar-refractivity contribution in [3.8, 4) is 6.07 Å². The molecule has 0 saturated heterocycles. The van der Waals surface area contributed by atoms with E-state index in [4.69, 9.17) is 5.26 Å². The Kier molecular flexibility index (Phi) is 3.36. The Morgan fingerprint density at radius 2 is 1.62 bits per heavy atom. The van der Waals surface area contributed by atoms with Crippen LogP contribution in [-0.2, 0) is 0 Å². The first-order valence-corrected chi connectivity index (χ1v) is 6.32. The van der Waals surface area contributed by atoms with E-state index in [-0.39, 0.29) is 5.82 Å². The Hall–Kier alpha value is -3.13. The lowest BCUT2D eigenvalue weighted by Gasteiger charge is -2.25. The van der Waals surface area contributed by atoms with E-state index < -0.39 is 0 Å². The molecule has 0 unspecified atom stereocenters. The van der Waals surface area contributed by atoms with Crippen LogP contribution in [0.2, 0.25) is 0 Å². The number of rotatable bonds is 3. The summed E-state index contributed by atoms with van der Waals surface area (Å²) in [6.45, 7) is 0. The van der Waals surface area contributed by atoms with Crippen LogP contribution in [0, 0.1) is 17.1 Å². The van der Waals surface area contributed by atoms with Crippen LogP contribution in [0.15, 0.2) is 67.3 Å². The van der Waals surface area contributed by atoms with Gasteiger partial charge in [0.05, 0.1) is 23.0 Å². The number of imidazole rings is 1. The van der Waals surface area contributed by atoms with Gasteiger partial charge in [0.2, 0.25) is 0 Å². The van der Waals surface area contributed by atoms with Crippen LogP contribution in [-0.4, -0.2) is 9.66 Å². The lowest BCUT2D eigenvalue weighted by atomic mass is 10.2. The maximum absolute atomic E-state index is 13.1. The highest BCUT2D eigenvalue weighted by Crippen LogP contribution is 2.26. The molecule has 3 aromatic rings. The van der Waals surface area contributed by atoms with Gasteiger partial charge in [-0.15, -0.1) is 0 Å². The van der Waals surface area contributed by atoms with Crippen molar-refractivity contribution in [2.75, 3.05) is 5.01 Å². The summed E-state index contributed by atoms with van der Waals surface area (Å²) >= 11 is 0. The first kappa shape index (κ1) is 12.9. The molecule has 0 atom stereocenters. The van der Waals surface area contributed by atoms with Crippen LogP contribution in [0.25, 0.3) is 0 Å². The van der Waals surface area contributed by atoms with E-state index in [0.29, 0.717) is 5.56 Å². The molecule has 1 aromatic heterocycles. The molecule has 2 aromatic carbocycles. The fourth-order valence-corrected chi connectivity index (χ4v) is 2.05. The normalized spacial score (nSPS) is 10.1. The second kappa shape index (κ2) is 5.47. The summed E-state index contributed by atoms with van der Waals surface area (Å²) in [7, 11) is 0. The van der Waals surface area contributed by atoms with Crippen molar-refractivity contribution in [2.24, 2.45) is 0 Å². The molecule has 21 heavy (non-hydrogen) atoms. The third kappa shape index (κ3) is 2.60. The van der Waals surface area contributed by atoms with Crippen molar-refractivity contribution in [3.05, 3.63) is 78.6 Å². The lowest BCUT2D eigenvalue weighted by molar-refractivity contribution is 0.627. The van der Waals surface area contributed by atoms with E-state index in [2.05, 4.69) is 11.1 Å². The highest BCUT2D eigenvalue weighted by Gasteiger charge is 2.11. The molecule has 5 heteroatoms. The lowest BCUT2D eigenvalue weighted by Crippen LogP contribution is -2.22. The van der Waals surface area contributed by atoms with Gasteiger partial charge in [0.1, 0.15) is 12.1 Å². The van der Waals surface area contributed by atoms with Crippen LogP contribution in [0.5, 0.6) is 0 Å². The average Bonchev–Trinajstić information content (AvgIpc) is 3.04. The molecule has 0 bridgehead atoms. The first-order valence-electron chi connectivity index (χ1n) is 6.32. The fourth-order valence-electron chi connectivity index (χ4n) is 2.05. The zero-order valence-electron chi connectivity index (χ0n) is 11.0. The minimum Gasteiger partial charge on any atom is -0.249 e. The van der Waals surface area contributed by atoms with Gasteiger partial charge in [-0.1, -0.05) is 0 Å². The zero-order chi connectivity index (χ0) is 14.7. The van der Waals surface area contributed by atoms with Crippen molar-refractivity contribution < 1.29 is 4.39 Å². The van der Waals surface area contributed by atoms with E-state index in [1.54, 1.807) is 47.7 Å². The molecule has 1 heterocycles. The minimum absolute atomic E-state index is 0.288. The number of nitriles is 1. The monoisotopic (exact) mass is 278 g/mol. The van der Waals surface area contributed by atoms with Gasteiger partial charge in [0.25, 0.3) is 0 Å². The minimum atomic E-state index is -0.288. The Morgan fingerprint density at radius 3 is 2.14 bits per heavy atom. The van der Waals surface area contributed by atoms with Gasteiger partial charge in [0.15, 0.2) is 0 Å². The van der Waals surface area contributed by atoms with Gasteiger partial charge in [-0.2, -0.15) is 5.26 Å². The highest BCUT2D eigenvalue weighted by atomic mass is 19.1. The molecular formula is C16H11FN4. The Balaban J connectivity index is 2.08. The van der Waals surface area contributed by atoms with Gasteiger partial charge in [-0.3, -0.25) is 0 Å². The molecular weight excluding hydrogens is 267 g/mol. The summed E-state index contributed by atoms with van der Waals surface area (Å²) < 4.78 is 14.9. The second-order valence-corrected chi connectivity index (χ2v) is 4.39. The fraction of sp³-hybridized carbons (Fsp3) is 0. The number of aromatic nitrogens is 2.